The molecular formula is C23H30N2O5. The molecule has 0 aliphatic carbocycles. The summed E-state index contributed by atoms with van der Waals surface area (Å²) in [4.78, 5) is 26.2. The largest absolute Gasteiger partial charge is 0.490 e. The molecular weight excluding hydrogens is 384 g/mol. The van der Waals surface area contributed by atoms with Crippen LogP contribution in [0, 0.1) is 0 Å². The Morgan fingerprint density at radius 2 is 1.57 bits per heavy atom. The van der Waals surface area contributed by atoms with Gasteiger partial charge in [-0.3, -0.25) is 9.59 Å². The number of likely N-dealkylation sites (N-methyl/N-ethyl adjacent to an activating group) is 1. The third-order valence-corrected chi connectivity index (χ3v) is 4.37. The molecule has 0 aliphatic heterocycles. The Morgan fingerprint density at radius 3 is 2.23 bits per heavy atom. The molecule has 0 aromatic heterocycles. The molecule has 2 aromatic carbocycles. The number of ether oxygens (including phenoxy) is 3. The second kappa shape index (κ2) is 12.4. The van der Waals surface area contributed by atoms with E-state index in [2.05, 4.69) is 5.32 Å². The molecule has 2 amide bonds. The molecule has 0 aliphatic rings. The van der Waals surface area contributed by atoms with Gasteiger partial charge in [-0.15, -0.1) is 0 Å². The summed E-state index contributed by atoms with van der Waals surface area (Å²) >= 11 is 0. The quantitative estimate of drug-likeness (QED) is 0.540. The zero-order valence-electron chi connectivity index (χ0n) is 17.8. The van der Waals surface area contributed by atoms with Crippen LogP contribution in [0.3, 0.4) is 0 Å². The minimum absolute atomic E-state index is 0.0421. The van der Waals surface area contributed by atoms with Crippen molar-refractivity contribution in [1.29, 1.82) is 0 Å². The highest BCUT2D eigenvalue weighted by Crippen LogP contribution is 2.28. The fourth-order valence-corrected chi connectivity index (χ4v) is 2.81. The molecule has 0 unspecified atom stereocenters. The van der Waals surface area contributed by atoms with Gasteiger partial charge in [0.25, 0.3) is 5.91 Å². The van der Waals surface area contributed by atoms with Crippen LogP contribution in [-0.4, -0.2) is 56.2 Å². The number of benzene rings is 2. The van der Waals surface area contributed by atoms with Crippen molar-refractivity contribution >= 4 is 11.8 Å². The normalized spacial score (nSPS) is 10.2. The molecule has 0 saturated heterocycles. The molecule has 1 N–H and O–H groups in total. The molecule has 0 heterocycles. The van der Waals surface area contributed by atoms with E-state index in [1.165, 1.54) is 0 Å². The summed E-state index contributed by atoms with van der Waals surface area (Å²) < 4.78 is 17.0. The smallest absolute Gasteiger partial charge is 0.251 e. The van der Waals surface area contributed by atoms with Crippen LogP contribution in [0.15, 0.2) is 48.5 Å². The minimum atomic E-state index is -0.338. The van der Waals surface area contributed by atoms with E-state index in [1.54, 1.807) is 23.1 Å². The fraction of sp³-hybridized carbons (Fsp3) is 0.391. The van der Waals surface area contributed by atoms with Crippen LogP contribution in [0.5, 0.6) is 17.2 Å². The monoisotopic (exact) mass is 414 g/mol. The number of amides is 2. The predicted molar refractivity (Wildman–Crippen MR) is 115 cm³/mol. The van der Waals surface area contributed by atoms with Crippen LogP contribution in [0.1, 0.15) is 31.1 Å². The van der Waals surface area contributed by atoms with Gasteiger partial charge < -0.3 is 24.4 Å². The summed E-state index contributed by atoms with van der Waals surface area (Å²) in [6.45, 7) is 7.99. The van der Waals surface area contributed by atoms with Crippen LogP contribution >= 0.6 is 0 Å². The van der Waals surface area contributed by atoms with Crippen molar-refractivity contribution in [3.63, 3.8) is 0 Å². The van der Waals surface area contributed by atoms with Gasteiger partial charge in [-0.25, -0.2) is 0 Å². The Bertz CT molecular complexity index is 806. The van der Waals surface area contributed by atoms with Crippen molar-refractivity contribution < 1.29 is 23.8 Å². The molecule has 0 saturated carbocycles. The summed E-state index contributed by atoms with van der Waals surface area (Å²) in [5.74, 6) is 1.33. The molecule has 7 heteroatoms. The van der Waals surface area contributed by atoms with Gasteiger partial charge in [0.2, 0.25) is 5.91 Å². The Labute approximate surface area is 177 Å². The highest BCUT2D eigenvalue weighted by Gasteiger charge is 2.15. The van der Waals surface area contributed by atoms with E-state index in [0.29, 0.717) is 50.0 Å². The van der Waals surface area contributed by atoms with E-state index >= 15 is 0 Å². The first-order valence-corrected chi connectivity index (χ1v) is 10.2. The van der Waals surface area contributed by atoms with Crippen LogP contribution in [0.4, 0.5) is 0 Å². The number of hydrogen-bond acceptors (Lipinski definition) is 5. The molecule has 2 rings (SSSR count). The maximum atomic E-state index is 12.4. The van der Waals surface area contributed by atoms with E-state index in [0.717, 1.165) is 5.75 Å². The third kappa shape index (κ3) is 6.99. The number of hydrogen-bond donors (Lipinski definition) is 1. The topological polar surface area (TPSA) is 77.1 Å². The Kier molecular flexibility index (Phi) is 9.51. The minimum Gasteiger partial charge on any atom is -0.490 e. The first-order chi connectivity index (χ1) is 14.6. The summed E-state index contributed by atoms with van der Waals surface area (Å²) in [6, 6.07) is 14.4. The maximum absolute atomic E-state index is 12.4. The van der Waals surface area contributed by atoms with Crippen molar-refractivity contribution in [2.75, 3.05) is 39.5 Å². The lowest BCUT2D eigenvalue weighted by Crippen LogP contribution is -2.40. The van der Waals surface area contributed by atoms with Crippen LogP contribution in [0.25, 0.3) is 0 Å². The SMILES string of the molecule is CCOc1cc(C(=O)NCC(=O)N(CC)CC)ccc1OCCOc1ccccc1. The Morgan fingerprint density at radius 1 is 0.867 bits per heavy atom. The molecule has 30 heavy (non-hydrogen) atoms. The number of para-hydroxylation sites is 1. The van der Waals surface area contributed by atoms with Crippen molar-refractivity contribution in [1.82, 2.24) is 10.2 Å². The average molecular weight is 415 g/mol. The van der Waals surface area contributed by atoms with E-state index in [-0.39, 0.29) is 18.4 Å². The molecule has 0 bridgehead atoms. The lowest BCUT2D eigenvalue weighted by atomic mass is 10.2. The number of nitrogens with zero attached hydrogens (tertiary/aromatic N) is 1. The summed E-state index contributed by atoms with van der Waals surface area (Å²) in [7, 11) is 0. The molecule has 7 nitrogen and oxygen atoms in total. The van der Waals surface area contributed by atoms with Gasteiger partial charge in [-0.2, -0.15) is 0 Å². The van der Waals surface area contributed by atoms with E-state index < -0.39 is 0 Å². The molecule has 0 spiro atoms. The van der Waals surface area contributed by atoms with Gasteiger partial charge in [0.05, 0.1) is 13.2 Å². The summed E-state index contributed by atoms with van der Waals surface area (Å²) in [6.07, 6.45) is 0. The van der Waals surface area contributed by atoms with Crippen molar-refractivity contribution in [2.24, 2.45) is 0 Å². The maximum Gasteiger partial charge on any atom is 0.251 e. The molecule has 0 radical (unpaired) electrons. The molecule has 0 fully saturated rings. The Hall–Kier alpha value is -3.22. The van der Waals surface area contributed by atoms with Gasteiger partial charge in [-0.1, -0.05) is 18.2 Å². The third-order valence-electron chi connectivity index (χ3n) is 4.37. The van der Waals surface area contributed by atoms with Crippen molar-refractivity contribution in [2.45, 2.75) is 20.8 Å². The number of nitrogens with one attached hydrogen (secondary N) is 1. The highest BCUT2D eigenvalue weighted by molar-refractivity contribution is 5.97. The second-order valence-electron chi connectivity index (χ2n) is 6.35. The zero-order valence-corrected chi connectivity index (χ0v) is 17.8. The van der Waals surface area contributed by atoms with Gasteiger partial charge in [0.1, 0.15) is 19.0 Å². The second-order valence-corrected chi connectivity index (χ2v) is 6.35. The lowest BCUT2D eigenvalue weighted by Gasteiger charge is -2.19. The average Bonchev–Trinajstić information content (AvgIpc) is 2.77. The number of rotatable bonds is 12. The van der Waals surface area contributed by atoms with Crippen LogP contribution in [0.2, 0.25) is 0 Å². The standard InChI is InChI=1S/C23H30N2O5/c1-4-25(5-2)22(26)17-24-23(27)18-12-13-20(21(16-18)28-6-3)30-15-14-29-19-10-8-7-9-11-19/h7-13,16H,4-6,14-15,17H2,1-3H3,(H,24,27). The Balaban J connectivity index is 1.92. The zero-order chi connectivity index (χ0) is 21.8. The van der Waals surface area contributed by atoms with Crippen molar-refractivity contribution in [3.05, 3.63) is 54.1 Å². The lowest BCUT2D eigenvalue weighted by molar-refractivity contribution is -0.129. The molecule has 162 valence electrons. The molecule has 0 atom stereocenters. The fourth-order valence-electron chi connectivity index (χ4n) is 2.81. The van der Waals surface area contributed by atoms with Crippen molar-refractivity contribution in [3.8, 4) is 17.2 Å². The number of carbonyl (C=O) groups is 2. The summed E-state index contributed by atoms with van der Waals surface area (Å²) in [5.41, 5.74) is 0.402. The summed E-state index contributed by atoms with van der Waals surface area (Å²) in [5, 5.41) is 2.66. The van der Waals surface area contributed by atoms with Gasteiger partial charge in [-0.05, 0) is 51.1 Å². The molecule has 2 aromatic rings. The van der Waals surface area contributed by atoms with Crippen LogP contribution < -0.4 is 19.5 Å². The number of carbonyl (C=O) groups excluding carboxylic acids is 2. The van der Waals surface area contributed by atoms with Crippen LogP contribution in [-0.2, 0) is 4.79 Å². The van der Waals surface area contributed by atoms with Gasteiger partial charge in [0.15, 0.2) is 11.5 Å². The predicted octanol–water partition coefficient (Wildman–Crippen LogP) is 3.14. The first kappa shape index (κ1) is 23.1. The highest BCUT2D eigenvalue weighted by atomic mass is 16.5. The van der Waals surface area contributed by atoms with E-state index in [1.807, 2.05) is 51.1 Å². The first-order valence-electron chi connectivity index (χ1n) is 10.2. The van der Waals surface area contributed by atoms with Gasteiger partial charge in [0, 0.05) is 18.7 Å². The van der Waals surface area contributed by atoms with E-state index in [9.17, 15) is 9.59 Å². The van der Waals surface area contributed by atoms with E-state index in [4.69, 9.17) is 14.2 Å². The van der Waals surface area contributed by atoms with Gasteiger partial charge >= 0.3 is 0 Å².